The summed E-state index contributed by atoms with van der Waals surface area (Å²) < 4.78 is 7.32. The summed E-state index contributed by atoms with van der Waals surface area (Å²) in [6.45, 7) is 10.8. The van der Waals surface area contributed by atoms with Crippen LogP contribution in [-0.4, -0.2) is 55.8 Å². The predicted molar refractivity (Wildman–Crippen MR) is 102 cm³/mol. The number of hydrogen-bond acceptors (Lipinski definition) is 7. The first kappa shape index (κ1) is 17.7. The highest BCUT2D eigenvalue weighted by Gasteiger charge is 2.22. The summed E-state index contributed by atoms with van der Waals surface area (Å²) in [6, 6.07) is 3.90. The molecule has 142 valence electrons. The van der Waals surface area contributed by atoms with Gasteiger partial charge in [-0.15, -0.1) is 0 Å². The van der Waals surface area contributed by atoms with Gasteiger partial charge in [0.15, 0.2) is 12.2 Å². The second kappa shape index (κ2) is 7.48. The van der Waals surface area contributed by atoms with Crippen molar-refractivity contribution < 1.29 is 4.42 Å². The first-order valence-corrected chi connectivity index (χ1v) is 9.35. The minimum Gasteiger partial charge on any atom is -0.448 e. The van der Waals surface area contributed by atoms with Gasteiger partial charge in [-0.1, -0.05) is 13.8 Å². The zero-order valence-electron chi connectivity index (χ0n) is 16.0. The molecular formula is C19H25N7O. The molecule has 3 aromatic rings. The minimum absolute atomic E-state index is 0.355. The van der Waals surface area contributed by atoms with Crippen molar-refractivity contribution in [2.75, 3.05) is 31.1 Å². The van der Waals surface area contributed by atoms with Gasteiger partial charge in [0.1, 0.15) is 17.4 Å². The van der Waals surface area contributed by atoms with E-state index in [1.807, 2.05) is 25.3 Å². The fraction of sp³-hybridized carbons (Fsp3) is 0.474. The summed E-state index contributed by atoms with van der Waals surface area (Å²) in [5, 5.41) is 4.27. The lowest BCUT2D eigenvalue weighted by atomic mass is 10.1. The molecule has 27 heavy (non-hydrogen) atoms. The summed E-state index contributed by atoms with van der Waals surface area (Å²) in [7, 11) is 0. The molecule has 8 heteroatoms. The smallest absolute Gasteiger partial charge is 0.181 e. The zero-order chi connectivity index (χ0) is 18.8. The molecule has 0 radical (unpaired) electrons. The van der Waals surface area contributed by atoms with Gasteiger partial charge < -0.3 is 9.32 Å². The molecule has 0 amide bonds. The van der Waals surface area contributed by atoms with Crippen LogP contribution in [0.15, 0.2) is 35.3 Å². The topological polar surface area (TPSA) is 76.1 Å². The van der Waals surface area contributed by atoms with E-state index in [1.54, 1.807) is 17.3 Å². The third kappa shape index (κ3) is 3.85. The van der Waals surface area contributed by atoms with Gasteiger partial charge in [-0.05, 0) is 13.0 Å². The number of piperazine rings is 1. The monoisotopic (exact) mass is 367 g/mol. The van der Waals surface area contributed by atoms with Gasteiger partial charge in [0, 0.05) is 57.1 Å². The molecule has 3 aromatic heterocycles. The highest BCUT2D eigenvalue weighted by Crippen LogP contribution is 2.21. The molecule has 4 heterocycles. The Labute approximate surface area is 158 Å². The van der Waals surface area contributed by atoms with Gasteiger partial charge in [-0.3, -0.25) is 4.90 Å². The second-order valence-corrected chi connectivity index (χ2v) is 7.16. The molecule has 1 fully saturated rings. The Balaban J connectivity index is 1.43. The molecule has 0 aromatic carbocycles. The summed E-state index contributed by atoms with van der Waals surface area (Å²) in [5.41, 5.74) is 1.05. The van der Waals surface area contributed by atoms with E-state index in [9.17, 15) is 0 Å². The summed E-state index contributed by atoms with van der Waals surface area (Å²) in [5.74, 6) is 3.86. The summed E-state index contributed by atoms with van der Waals surface area (Å²) >= 11 is 0. The van der Waals surface area contributed by atoms with Crippen molar-refractivity contribution in [1.29, 1.82) is 0 Å². The van der Waals surface area contributed by atoms with Crippen LogP contribution in [0, 0.1) is 6.92 Å². The molecule has 0 unspecified atom stereocenters. The van der Waals surface area contributed by atoms with Crippen molar-refractivity contribution >= 4 is 5.82 Å². The molecule has 0 bridgehead atoms. The maximum Gasteiger partial charge on any atom is 0.181 e. The van der Waals surface area contributed by atoms with E-state index in [2.05, 4.69) is 43.7 Å². The fourth-order valence-corrected chi connectivity index (χ4v) is 3.43. The molecule has 1 aliphatic rings. The van der Waals surface area contributed by atoms with Crippen molar-refractivity contribution in [1.82, 2.24) is 29.6 Å². The largest absolute Gasteiger partial charge is 0.448 e. The number of rotatable bonds is 5. The van der Waals surface area contributed by atoms with Crippen LogP contribution in [0.4, 0.5) is 5.82 Å². The highest BCUT2D eigenvalue weighted by atomic mass is 16.3. The van der Waals surface area contributed by atoms with Crippen LogP contribution in [-0.2, 0) is 6.54 Å². The highest BCUT2D eigenvalue weighted by molar-refractivity contribution is 5.44. The van der Waals surface area contributed by atoms with Gasteiger partial charge in [-0.25, -0.2) is 19.6 Å². The Bertz CT molecular complexity index is 879. The van der Waals surface area contributed by atoms with Crippen LogP contribution in [0.25, 0.3) is 5.82 Å². The molecule has 8 nitrogen and oxygen atoms in total. The van der Waals surface area contributed by atoms with Gasteiger partial charge in [-0.2, -0.15) is 5.10 Å². The number of oxazole rings is 1. The van der Waals surface area contributed by atoms with E-state index in [0.29, 0.717) is 5.92 Å². The number of anilines is 1. The van der Waals surface area contributed by atoms with Crippen molar-refractivity contribution in [3.8, 4) is 5.82 Å². The first-order valence-electron chi connectivity index (χ1n) is 9.35. The van der Waals surface area contributed by atoms with Crippen LogP contribution in [0.3, 0.4) is 0 Å². The molecular weight excluding hydrogens is 342 g/mol. The van der Waals surface area contributed by atoms with Crippen LogP contribution in [0.2, 0.25) is 0 Å². The predicted octanol–water partition coefficient (Wildman–Crippen LogP) is 2.40. The van der Waals surface area contributed by atoms with E-state index in [1.165, 1.54) is 0 Å². The van der Waals surface area contributed by atoms with E-state index < -0.39 is 0 Å². The summed E-state index contributed by atoms with van der Waals surface area (Å²) in [6.07, 6.45) is 5.21. The Morgan fingerprint density at radius 2 is 1.89 bits per heavy atom. The minimum atomic E-state index is 0.355. The Morgan fingerprint density at radius 1 is 1.11 bits per heavy atom. The molecule has 0 saturated carbocycles. The first-order chi connectivity index (χ1) is 13.1. The molecule has 0 N–H and O–H groups in total. The average molecular weight is 367 g/mol. The fourth-order valence-electron chi connectivity index (χ4n) is 3.43. The maximum atomic E-state index is 5.55. The van der Waals surface area contributed by atoms with Gasteiger partial charge in [0.05, 0.1) is 5.69 Å². The third-order valence-electron chi connectivity index (χ3n) is 4.82. The average Bonchev–Trinajstić information content (AvgIpc) is 3.34. The van der Waals surface area contributed by atoms with Crippen molar-refractivity contribution in [2.45, 2.75) is 33.2 Å². The van der Waals surface area contributed by atoms with Crippen LogP contribution in [0.5, 0.6) is 0 Å². The standard InChI is InChI=1S/C19H25N7O/c1-14(2)19-16(20-13-27-19)12-24-7-9-25(10-8-24)17-11-18(23-15(3)22-17)26-6-4-5-21-26/h4-6,11,13-14H,7-10,12H2,1-3H3. The Morgan fingerprint density at radius 3 is 2.59 bits per heavy atom. The van der Waals surface area contributed by atoms with Crippen molar-refractivity contribution in [2.24, 2.45) is 0 Å². The van der Waals surface area contributed by atoms with Gasteiger partial charge in [0.2, 0.25) is 0 Å². The number of aryl methyl sites for hydroxylation is 1. The molecule has 1 aliphatic heterocycles. The van der Waals surface area contributed by atoms with E-state index in [-0.39, 0.29) is 0 Å². The van der Waals surface area contributed by atoms with Gasteiger partial charge >= 0.3 is 0 Å². The van der Waals surface area contributed by atoms with E-state index in [0.717, 1.165) is 61.6 Å². The van der Waals surface area contributed by atoms with Crippen molar-refractivity contribution in [3.63, 3.8) is 0 Å². The maximum absolute atomic E-state index is 5.55. The van der Waals surface area contributed by atoms with Crippen molar-refractivity contribution in [3.05, 3.63) is 48.2 Å². The molecule has 1 saturated heterocycles. The number of aromatic nitrogens is 5. The lowest BCUT2D eigenvalue weighted by Crippen LogP contribution is -2.46. The van der Waals surface area contributed by atoms with Crippen LogP contribution >= 0.6 is 0 Å². The summed E-state index contributed by atoms with van der Waals surface area (Å²) in [4.78, 5) is 18.3. The quantitative estimate of drug-likeness (QED) is 0.685. The Hall–Kier alpha value is -2.74. The number of hydrogen-bond donors (Lipinski definition) is 0. The zero-order valence-corrected chi connectivity index (χ0v) is 16.0. The van der Waals surface area contributed by atoms with Gasteiger partial charge in [0.25, 0.3) is 0 Å². The number of nitrogens with zero attached hydrogens (tertiary/aromatic N) is 7. The van der Waals surface area contributed by atoms with Crippen LogP contribution in [0.1, 0.15) is 37.0 Å². The lowest BCUT2D eigenvalue weighted by molar-refractivity contribution is 0.244. The normalized spacial score (nSPS) is 15.6. The Kier molecular flexibility index (Phi) is 4.89. The lowest BCUT2D eigenvalue weighted by Gasteiger charge is -2.35. The second-order valence-electron chi connectivity index (χ2n) is 7.16. The molecule has 0 atom stereocenters. The third-order valence-corrected chi connectivity index (χ3v) is 4.82. The molecule has 0 aliphatic carbocycles. The SMILES string of the molecule is Cc1nc(N2CCN(Cc3ncoc3C(C)C)CC2)cc(-n2cccn2)n1. The molecule has 4 rings (SSSR count). The van der Waals surface area contributed by atoms with E-state index in [4.69, 9.17) is 4.42 Å². The molecule has 0 spiro atoms. The van der Waals surface area contributed by atoms with E-state index >= 15 is 0 Å². The van der Waals surface area contributed by atoms with Crippen LogP contribution < -0.4 is 4.90 Å².